The average Bonchev–Trinajstić information content (AvgIpc) is 2.39. The van der Waals surface area contributed by atoms with E-state index in [-0.39, 0.29) is 6.04 Å². The monoisotopic (exact) mass is 262 g/mol. The third kappa shape index (κ3) is 3.91. The molecule has 4 nitrogen and oxygen atoms in total. The molecule has 19 heavy (non-hydrogen) atoms. The summed E-state index contributed by atoms with van der Waals surface area (Å²) in [6.07, 6.45) is 2.86. The van der Waals surface area contributed by atoms with Gasteiger partial charge in [-0.3, -0.25) is 4.90 Å². The molecule has 4 heteroatoms. The molecule has 1 aliphatic heterocycles. The minimum Gasteiger partial charge on any atom is -0.354 e. The highest BCUT2D eigenvalue weighted by atomic mass is 15.3. The van der Waals surface area contributed by atoms with Gasteiger partial charge in [0, 0.05) is 44.5 Å². The molecule has 1 fully saturated rings. The molecule has 106 valence electrons. The molecular weight excluding hydrogens is 236 g/mol. The maximum atomic E-state index is 5.81. The Hall–Kier alpha value is -1.13. The van der Waals surface area contributed by atoms with E-state index in [0.717, 1.165) is 38.4 Å². The highest BCUT2D eigenvalue weighted by Gasteiger charge is 2.19. The van der Waals surface area contributed by atoms with Gasteiger partial charge in [0.1, 0.15) is 5.82 Å². The van der Waals surface area contributed by atoms with Crippen molar-refractivity contribution in [3.8, 4) is 0 Å². The standard InChI is InChI=1S/C15H26N4/c1-12(2)18-6-8-19(9-7-18)15-5-4-14(11-17-15)10-13(3)16/h4-5,11-13H,6-10,16H2,1-3H3. The molecule has 1 aromatic heterocycles. The molecule has 2 N–H and O–H groups in total. The van der Waals surface area contributed by atoms with E-state index in [0.29, 0.717) is 6.04 Å². The third-order valence-electron chi connectivity index (χ3n) is 3.74. The largest absolute Gasteiger partial charge is 0.354 e. The number of aromatic nitrogens is 1. The van der Waals surface area contributed by atoms with Gasteiger partial charge in [0.05, 0.1) is 0 Å². The summed E-state index contributed by atoms with van der Waals surface area (Å²) in [6.45, 7) is 10.9. The van der Waals surface area contributed by atoms with Crippen LogP contribution >= 0.6 is 0 Å². The predicted molar refractivity (Wildman–Crippen MR) is 80.5 cm³/mol. The third-order valence-corrected chi connectivity index (χ3v) is 3.74. The smallest absolute Gasteiger partial charge is 0.128 e. The molecule has 0 spiro atoms. The molecule has 2 rings (SSSR count). The van der Waals surface area contributed by atoms with Crippen LogP contribution in [0.15, 0.2) is 18.3 Å². The fourth-order valence-corrected chi connectivity index (χ4v) is 2.56. The van der Waals surface area contributed by atoms with Crippen LogP contribution in [0.4, 0.5) is 5.82 Å². The summed E-state index contributed by atoms with van der Waals surface area (Å²) < 4.78 is 0. The molecule has 1 atom stereocenters. The van der Waals surface area contributed by atoms with Crippen molar-refractivity contribution >= 4 is 5.82 Å². The zero-order valence-electron chi connectivity index (χ0n) is 12.3. The molecule has 1 saturated heterocycles. The normalized spacial score (nSPS) is 18.9. The molecule has 0 saturated carbocycles. The first kappa shape index (κ1) is 14.3. The Kier molecular flexibility index (Phi) is 4.77. The van der Waals surface area contributed by atoms with Gasteiger partial charge >= 0.3 is 0 Å². The topological polar surface area (TPSA) is 45.4 Å². The SMILES string of the molecule is CC(N)Cc1ccc(N2CCN(C(C)C)CC2)nc1. The van der Waals surface area contributed by atoms with Gasteiger partial charge in [-0.15, -0.1) is 0 Å². The summed E-state index contributed by atoms with van der Waals surface area (Å²) in [5, 5.41) is 0. The number of hydrogen-bond acceptors (Lipinski definition) is 4. The van der Waals surface area contributed by atoms with E-state index in [1.165, 1.54) is 5.56 Å². The van der Waals surface area contributed by atoms with Gasteiger partial charge in [-0.2, -0.15) is 0 Å². The van der Waals surface area contributed by atoms with Gasteiger partial charge in [-0.1, -0.05) is 6.07 Å². The van der Waals surface area contributed by atoms with Crippen LogP contribution in [0, 0.1) is 0 Å². The van der Waals surface area contributed by atoms with Crippen molar-refractivity contribution in [3.05, 3.63) is 23.9 Å². The summed E-state index contributed by atoms with van der Waals surface area (Å²) in [5.74, 6) is 1.09. The van der Waals surface area contributed by atoms with Crippen LogP contribution in [0.2, 0.25) is 0 Å². The maximum Gasteiger partial charge on any atom is 0.128 e. The quantitative estimate of drug-likeness (QED) is 0.893. The summed E-state index contributed by atoms with van der Waals surface area (Å²) in [7, 11) is 0. The Morgan fingerprint density at radius 2 is 1.84 bits per heavy atom. The fourth-order valence-electron chi connectivity index (χ4n) is 2.56. The Bertz CT molecular complexity index is 378. The first-order valence-corrected chi connectivity index (χ1v) is 7.26. The minimum absolute atomic E-state index is 0.197. The van der Waals surface area contributed by atoms with E-state index in [9.17, 15) is 0 Å². The number of anilines is 1. The zero-order valence-corrected chi connectivity index (χ0v) is 12.3. The molecular formula is C15H26N4. The van der Waals surface area contributed by atoms with Crippen LogP contribution in [0.5, 0.6) is 0 Å². The lowest BCUT2D eigenvalue weighted by atomic mass is 10.1. The van der Waals surface area contributed by atoms with Gasteiger partial charge in [0.25, 0.3) is 0 Å². The Morgan fingerprint density at radius 3 is 2.32 bits per heavy atom. The fraction of sp³-hybridized carbons (Fsp3) is 0.667. The van der Waals surface area contributed by atoms with Crippen molar-refractivity contribution in [1.82, 2.24) is 9.88 Å². The summed E-state index contributed by atoms with van der Waals surface area (Å²) in [5.41, 5.74) is 7.03. The zero-order chi connectivity index (χ0) is 13.8. The summed E-state index contributed by atoms with van der Waals surface area (Å²) >= 11 is 0. The molecule has 1 aliphatic rings. The second-order valence-electron chi connectivity index (χ2n) is 5.82. The molecule has 0 bridgehead atoms. The number of rotatable bonds is 4. The lowest BCUT2D eigenvalue weighted by molar-refractivity contribution is 0.209. The maximum absolute atomic E-state index is 5.81. The van der Waals surface area contributed by atoms with Crippen molar-refractivity contribution < 1.29 is 0 Å². The highest BCUT2D eigenvalue weighted by Crippen LogP contribution is 2.15. The van der Waals surface area contributed by atoms with Gasteiger partial charge in [-0.05, 0) is 38.8 Å². The van der Waals surface area contributed by atoms with Crippen molar-refractivity contribution in [2.75, 3.05) is 31.1 Å². The lowest BCUT2D eigenvalue weighted by Crippen LogP contribution is -2.49. The highest BCUT2D eigenvalue weighted by molar-refractivity contribution is 5.40. The van der Waals surface area contributed by atoms with Gasteiger partial charge < -0.3 is 10.6 Å². The van der Waals surface area contributed by atoms with Crippen LogP contribution < -0.4 is 10.6 Å². The van der Waals surface area contributed by atoms with Gasteiger partial charge in [-0.25, -0.2) is 4.98 Å². The first-order chi connectivity index (χ1) is 9.06. The molecule has 0 aliphatic carbocycles. The molecule has 1 aromatic rings. The van der Waals surface area contributed by atoms with E-state index in [1.54, 1.807) is 0 Å². The van der Waals surface area contributed by atoms with Crippen molar-refractivity contribution in [2.45, 2.75) is 39.3 Å². The molecule has 0 radical (unpaired) electrons. The van der Waals surface area contributed by atoms with Crippen LogP contribution in [-0.4, -0.2) is 48.1 Å². The molecule has 1 unspecified atom stereocenters. The summed E-state index contributed by atoms with van der Waals surface area (Å²) in [6, 6.07) is 5.12. The minimum atomic E-state index is 0.197. The number of nitrogens with zero attached hydrogens (tertiary/aromatic N) is 3. The van der Waals surface area contributed by atoms with E-state index in [2.05, 4.69) is 40.8 Å². The number of piperazine rings is 1. The Labute approximate surface area is 116 Å². The van der Waals surface area contributed by atoms with E-state index >= 15 is 0 Å². The van der Waals surface area contributed by atoms with Crippen LogP contribution in [0.1, 0.15) is 26.3 Å². The lowest BCUT2D eigenvalue weighted by Gasteiger charge is -2.37. The van der Waals surface area contributed by atoms with Crippen LogP contribution in [-0.2, 0) is 6.42 Å². The van der Waals surface area contributed by atoms with E-state index in [1.807, 2.05) is 13.1 Å². The number of nitrogens with two attached hydrogens (primary N) is 1. The molecule has 2 heterocycles. The number of hydrogen-bond donors (Lipinski definition) is 1. The summed E-state index contributed by atoms with van der Waals surface area (Å²) in [4.78, 5) is 9.46. The van der Waals surface area contributed by atoms with Crippen LogP contribution in [0.3, 0.4) is 0 Å². The van der Waals surface area contributed by atoms with Crippen molar-refractivity contribution in [2.24, 2.45) is 5.73 Å². The van der Waals surface area contributed by atoms with Gasteiger partial charge in [0.2, 0.25) is 0 Å². The van der Waals surface area contributed by atoms with Crippen LogP contribution in [0.25, 0.3) is 0 Å². The predicted octanol–water partition coefficient (Wildman–Crippen LogP) is 1.50. The second kappa shape index (κ2) is 6.35. The van der Waals surface area contributed by atoms with Crippen molar-refractivity contribution in [1.29, 1.82) is 0 Å². The molecule has 0 amide bonds. The Balaban J connectivity index is 1.92. The molecule has 0 aromatic carbocycles. The Morgan fingerprint density at radius 1 is 1.16 bits per heavy atom. The van der Waals surface area contributed by atoms with Crippen molar-refractivity contribution in [3.63, 3.8) is 0 Å². The van der Waals surface area contributed by atoms with E-state index in [4.69, 9.17) is 5.73 Å². The van der Waals surface area contributed by atoms with Gasteiger partial charge in [0.15, 0.2) is 0 Å². The number of pyridine rings is 1. The van der Waals surface area contributed by atoms with E-state index < -0.39 is 0 Å². The first-order valence-electron chi connectivity index (χ1n) is 7.26. The second-order valence-corrected chi connectivity index (χ2v) is 5.82. The average molecular weight is 262 g/mol.